The van der Waals surface area contributed by atoms with E-state index in [2.05, 4.69) is 26.1 Å². The number of hydrogen-bond donors (Lipinski definition) is 3. The van der Waals surface area contributed by atoms with Crippen molar-refractivity contribution in [3.63, 3.8) is 0 Å². The Morgan fingerprint density at radius 3 is 2.42 bits per heavy atom. The zero-order valence-electron chi connectivity index (χ0n) is 17.1. The zero-order chi connectivity index (χ0) is 22.2. The summed E-state index contributed by atoms with van der Waals surface area (Å²) in [5.74, 6) is -0.465. The Morgan fingerprint density at radius 2 is 1.77 bits per heavy atom. The van der Waals surface area contributed by atoms with E-state index in [4.69, 9.17) is 5.26 Å². The van der Waals surface area contributed by atoms with Crippen molar-refractivity contribution in [3.05, 3.63) is 60.2 Å². The first kappa shape index (κ1) is 21.9. The molecule has 3 aromatic rings. The van der Waals surface area contributed by atoms with Crippen molar-refractivity contribution in [2.24, 2.45) is 5.92 Å². The Hall–Kier alpha value is -3.77. The van der Waals surface area contributed by atoms with Gasteiger partial charge in [-0.2, -0.15) is 5.26 Å². The standard InChI is InChI=1S/C22H22N6O2S/c1-3-14(2)18(25-21(30)24-17-11-9-15(13-23)10-12-17)19(29)26-22-28-27-20(31-22)16-7-5-4-6-8-16/h4-12,14,18H,3H2,1-2H3,(H2,24,25,30)(H,26,28,29)/t14-,18-/m1/s1. The first-order chi connectivity index (χ1) is 15.0. The lowest BCUT2D eigenvalue weighted by atomic mass is 9.98. The number of nitrogens with one attached hydrogen (secondary N) is 3. The van der Waals surface area contributed by atoms with Crippen LogP contribution in [-0.2, 0) is 4.79 Å². The van der Waals surface area contributed by atoms with Gasteiger partial charge in [-0.25, -0.2) is 4.79 Å². The molecule has 2 aromatic carbocycles. The van der Waals surface area contributed by atoms with Gasteiger partial charge < -0.3 is 10.6 Å². The molecule has 0 aliphatic carbocycles. The van der Waals surface area contributed by atoms with E-state index >= 15 is 0 Å². The van der Waals surface area contributed by atoms with Crippen molar-refractivity contribution in [2.75, 3.05) is 10.6 Å². The fraction of sp³-hybridized carbons (Fsp3) is 0.227. The molecule has 9 heteroatoms. The highest BCUT2D eigenvalue weighted by molar-refractivity contribution is 7.18. The Labute approximate surface area is 184 Å². The van der Waals surface area contributed by atoms with Gasteiger partial charge in [0.25, 0.3) is 0 Å². The third-order valence-electron chi connectivity index (χ3n) is 4.73. The fourth-order valence-corrected chi connectivity index (χ4v) is 3.54. The summed E-state index contributed by atoms with van der Waals surface area (Å²) in [6.45, 7) is 3.84. The molecule has 158 valence electrons. The van der Waals surface area contributed by atoms with Crippen LogP contribution in [0.4, 0.5) is 15.6 Å². The minimum atomic E-state index is -0.757. The van der Waals surface area contributed by atoms with Gasteiger partial charge in [0.15, 0.2) is 0 Å². The van der Waals surface area contributed by atoms with Crippen LogP contribution in [0, 0.1) is 17.2 Å². The summed E-state index contributed by atoms with van der Waals surface area (Å²) in [6, 6.07) is 16.8. The maximum Gasteiger partial charge on any atom is 0.319 e. The van der Waals surface area contributed by atoms with Crippen LogP contribution in [0.2, 0.25) is 0 Å². The summed E-state index contributed by atoms with van der Waals surface area (Å²) in [4.78, 5) is 25.3. The average molecular weight is 435 g/mol. The Balaban J connectivity index is 1.65. The van der Waals surface area contributed by atoms with Crippen LogP contribution in [0.25, 0.3) is 10.6 Å². The van der Waals surface area contributed by atoms with E-state index in [1.165, 1.54) is 11.3 Å². The number of amides is 3. The van der Waals surface area contributed by atoms with Crippen molar-refractivity contribution in [1.82, 2.24) is 15.5 Å². The second-order valence-corrected chi connectivity index (χ2v) is 7.90. The van der Waals surface area contributed by atoms with Crippen molar-refractivity contribution >= 4 is 34.1 Å². The van der Waals surface area contributed by atoms with Crippen LogP contribution in [0.15, 0.2) is 54.6 Å². The molecule has 0 spiro atoms. The van der Waals surface area contributed by atoms with Crippen LogP contribution >= 0.6 is 11.3 Å². The van der Waals surface area contributed by atoms with Crippen molar-refractivity contribution < 1.29 is 9.59 Å². The summed E-state index contributed by atoms with van der Waals surface area (Å²) < 4.78 is 0. The lowest BCUT2D eigenvalue weighted by Gasteiger charge is -2.23. The minimum absolute atomic E-state index is 0.103. The molecule has 8 nitrogen and oxygen atoms in total. The Kier molecular flexibility index (Phi) is 7.30. The first-order valence-electron chi connectivity index (χ1n) is 9.77. The molecule has 2 atom stereocenters. The normalized spacial score (nSPS) is 12.3. The molecule has 0 aliphatic rings. The van der Waals surface area contributed by atoms with Crippen LogP contribution < -0.4 is 16.0 Å². The molecule has 0 saturated carbocycles. The van der Waals surface area contributed by atoms with Gasteiger partial charge in [0.1, 0.15) is 11.0 Å². The van der Waals surface area contributed by atoms with E-state index in [1.54, 1.807) is 24.3 Å². The number of aromatic nitrogens is 2. The molecule has 0 aliphatic heterocycles. The average Bonchev–Trinajstić information content (AvgIpc) is 3.26. The minimum Gasteiger partial charge on any atom is -0.326 e. The monoisotopic (exact) mass is 434 g/mol. The molecule has 0 unspecified atom stereocenters. The number of hydrogen-bond acceptors (Lipinski definition) is 6. The number of anilines is 2. The van der Waals surface area contributed by atoms with E-state index in [0.29, 0.717) is 27.8 Å². The maximum absolute atomic E-state index is 12.9. The van der Waals surface area contributed by atoms with Gasteiger partial charge in [-0.15, -0.1) is 10.2 Å². The lowest BCUT2D eigenvalue weighted by molar-refractivity contribution is -0.119. The number of rotatable bonds is 7. The summed E-state index contributed by atoms with van der Waals surface area (Å²) >= 11 is 1.27. The van der Waals surface area contributed by atoms with Gasteiger partial charge in [-0.1, -0.05) is 61.9 Å². The largest absolute Gasteiger partial charge is 0.326 e. The zero-order valence-corrected chi connectivity index (χ0v) is 17.9. The SMILES string of the molecule is CC[C@@H](C)[C@@H](NC(=O)Nc1ccc(C#N)cc1)C(=O)Nc1nnc(-c2ccccc2)s1. The molecule has 0 fully saturated rings. The van der Waals surface area contributed by atoms with Crippen LogP contribution in [0.1, 0.15) is 25.8 Å². The topological polar surface area (TPSA) is 120 Å². The third kappa shape index (κ3) is 5.87. The van der Waals surface area contributed by atoms with Gasteiger partial charge in [-0.3, -0.25) is 10.1 Å². The Morgan fingerprint density at radius 1 is 1.06 bits per heavy atom. The summed E-state index contributed by atoms with van der Waals surface area (Å²) in [5.41, 5.74) is 1.94. The molecule has 3 N–H and O–H groups in total. The van der Waals surface area contributed by atoms with Gasteiger partial charge in [0.2, 0.25) is 11.0 Å². The highest BCUT2D eigenvalue weighted by Crippen LogP contribution is 2.26. The van der Waals surface area contributed by atoms with Crippen LogP contribution in [0.3, 0.4) is 0 Å². The van der Waals surface area contributed by atoms with E-state index in [-0.39, 0.29) is 11.8 Å². The molecular weight excluding hydrogens is 412 g/mol. The summed E-state index contributed by atoms with van der Waals surface area (Å²) in [6.07, 6.45) is 0.695. The molecule has 1 aromatic heterocycles. The van der Waals surface area contributed by atoms with E-state index in [1.807, 2.05) is 50.2 Å². The van der Waals surface area contributed by atoms with Gasteiger partial charge >= 0.3 is 6.03 Å². The van der Waals surface area contributed by atoms with Crippen LogP contribution in [-0.4, -0.2) is 28.2 Å². The molecule has 3 rings (SSSR count). The second kappa shape index (κ2) is 10.3. The smallest absolute Gasteiger partial charge is 0.319 e. The Bertz CT molecular complexity index is 1080. The molecule has 0 radical (unpaired) electrons. The molecule has 3 amide bonds. The molecule has 0 saturated heterocycles. The van der Waals surface area contributed by atoms with E-state index in [0.717, 1.165) is 5.56 Å². The number of nitriles is 1. The van der Waals surface area contributed by atoms with E-state index < -0.39 is 12.1 Å². The highest BCUT2D eigenvalue weighted by atomic mass is 32.1. The van der Waals surface area contributed by atoms with Crippen molar-refractivity contribution in [2.45, 2.75) is 26.3 Å². The van der Waals surface area contributed by atoms with Gasteiger partial charge in [-0.05, 0) is 30.2 Å². The maximum atomic E-state index is 12.9. The van der Waals surface area contributed by atoms with Crippen molar-refractivity contribution in [3.8, 4) is 16.6 Å². The fourth-order valence-electron chi connectivity index (χ4n) is 2.79. The lowest BCUT2D eigenvalue weighted by Crippen LogP contribution is -2.49. The quantitative estimate of drug-likeness (QED) is 0.513. The molecule has 31 heavy (non-hydrogen) atoms. The first-order valence-corrected chi connectivity index (χ1v) is 10.6. The van der Waals surface area contributed by atoms with Crippen molar-refractivity contribution in [1.29, 1.82) is 5.26 Å². The predicted octanol–water partition coefficient (Wildman–Crippen LogP) is 4.25. The van der Waals surface area contributed by atoms with Crippen LogP contribution in [0.5, 0.6) is 0 Å². The number of nitrogens with zero attached hydrogens (tertiary/aromatic N) is 3. The second-order valence-electron chi connectivity index (χ2n) is 6.92. The van der Waals surface area contributed by atoms with Gasteiger partial charge in [0, 0.05) is 11.3 Å². The molecular formula is C22H22N6O2S. The third-order valence-corrected chi connectivity index (χ3v) is 5.62. The summed E-state index contributed by atoms with van der Waals surface area (Å²) in [7, 11) is 0. The molecule has 0 bridgehead atoms. The number of benzene rings is 2. The van der Waals surface area contributed by atoms with Gasteiger partial charge in [0.05, 0.1) is 11.6 Å². The predicted molar refractivity (Wildman–Crippen MR) is 121 cm³/mol. The number of carbonyl (C=O) groups is 2. The highest BCUT2D eigenvalue weighted by Gasteiger charge is 2.27. The van der Waals surface area contributed by atoms with E-state index in [9.17, 15) is 9.59 Å². The number of carbonyl (C=O) groups excluding carboxylic acids is 2. The molecule has 1 heterocycles. The number of urea groups is 1. The summed E-state index contributed by atoms with van der Waals surface area (Å²) in [5, 5.41) is 26.3.